The summed E-state index contributed by atoms with van der Waals surface area (Å²) >= 11 is 1.73. The van der Waals surface area contributed by atoms with Crippen LogP contribution in [-0.2, 0) is 24.1 Å². The van der Waals surface area contributed by atoms with Crippen LogP contribution in [0.4, 0.5) is 5.82 Å². The number of ether oxygens (including phenoxy) is 1. The van der Waals surface area contributed by atoms with Crippen LogP contribution in [0.15, 0.2) is 23.7 Å². The molecule has 27 heavy (non-hydrogen) atoms. The van der Waals surface area contributed by atoms with Crippen molar-refractivity contribution in [3.05, 3.63) is 45.3 Å². The van der Waals surface area contributed by atoms with E-state index in [0.29, 0.717) is 6.54 Å². The van der Waals surface area contributed by atoms with Crippen LogP contribution >= 0.6 is 11.3 Å². The van der Waals surface area contributed by atoms with Crippen molar-refractivity contribution in [2.45, 2.75) is 58.3 Å². The molecule has 144 valence electrons. The number of fused-ring (bicyclic) bond motifs is 1. The molecular formula is C21H27N3O2S. The average Bonchev–Trinajstić information content (AvgIpc) is 3.10. The van der Waals surface area contributed by atoms with E-state index in [1.165, 1.54) is 23.3 Å². The van der Waals surface area contributed by atoms with Gasteiger partial charge < -0.3 is 15.0 Å². The van der Waals surface area contributed by atoms with E-state index < -0.39 is 0 Å². The van der Waals surface area contributed by atoms with Crippen LogP contribution in [0.5, 0.6) is 0 Å². The van der Waals surface area contributed by atoms with Crippen molar-refractivity contribution >= 4 is 23.1 Å². The number of hydrogen-bond acceptors (Lipinski definition) is 5. The molecule has 4 rings (SSSR count). The van der Waals surface area contributed by atoms with Gasteiger partial charge in [-0.05, 0) is 56.7 Å². The minimum Gasteiger partial charge on any atom is -0.372 e. The van der Waals surface area contributed by atoms with Crippen molar-refractivity contribution in [3.63, 3.8) is 0 Å². The highest BCUT2D eigenvalue weighted by Gasteiger charge is 2.23. The number of aromatic nitrogens is 1. The second-order valence-corrected chi connectivity index (χ2v) is 8.59. The lowest BCUT2D eigenvalue weighted by Crippen LogP contribution is -2.45. The Hall–Kier alpha value is -1.92. The number of hydrogen-bond donors (Lipinski definition) is 1. The van der Waals surface area contributed by atoms with Crippen molar-refractivity contribution in [1.82, 2.24) is 10.3 Å². The van der Waals surface area contributed by atoms with Gasteiger partial charge in [0.1, 0.15) is 5.82 Å². The van der Waals surface area contributed by atoms with E-state index >= 15 is 0 Å². The molecule has 1 fully saturated rings. The quantitative estimate of drug-likeness (QED) is 0.874. The van der Waals surface area contributed by atoms with E-state index in [-0.39, 0.29) is 18.1 Å². The Bertz CT molecular complexity index is 792. The SMILES string of the molecule is C[C@@H]1CN(c2ccc(CNC(=O)c3csc4c3CCCC4)cn2)C[C@@H](C)O1. The summed E-state index contributed by atoms with van der Waals surface area (Å²) in [5, 5.41) is 5.08. The fourth-order valence-electron chi connectivity index (χ4n) is 4.04. The Labute approximate surface area is 164 Å². The summed E-state index contributed by atoms with van der Waals surface area (Å²) in [5.74, 6) is 1.01. The third-order valence-electron chi connectivity index (χ3n) is 5.31. The normalized spacial score (nSPS) is 22.4. The van der Waals surface area contributed by atoms with Crippen molar-refractivity contribution in [1.29, 1.82) is 0 Å². The molecule has 1 aliphatic carbocycles. The van der Waals surface area contributed by atoms with E-state index in [1.807, 2.05) is 17.6 Å². The Morgan fingerprint density at radius 2 is 2.04 bits per heavy atom. The molecular weight excluding hydrogens is 358 g/mol. The third kappa shape index (κ3) is 4.17. The lowest BCUT2D eigenvalue weighted by molar-refractivity contribution is -0.00546. The predicted molar refractivity (Wildman–Crippen MR) is 109 cm³/mol. The lowest BCUT2D eigenvalue weighted by atomic mass is 9.95. The highest BCUT2D eigenvalue weighted by Crippen LogP contribution is 2.30. The average molecular weight is 386 g/mol. The fraction of sp³-hybridized carbons (Fsp3) is 0.524. The molecule has 2 aromatic rings. The van der Waals surface area contributed by atoms with Crippen LogP contribution in [0.3, 0.4) is 0 Å². The van der Waals surface area contributed by atoms with Gasteiger partial charge in [0.25, 0.3) is 5.91 Å². The van der Waals surface area contributed by atoms with Crippen LogP contribution in [0.25, 0.3) is 0 Å². The monoisotopic (exact) mass is 385 g/mol. The molecule has 2 atom stereocenters. The van der Waals surface area contributed by atoms with Crippen molar-refractivity contribution in [2.75, 3.05) is 18.0 Å². The Kier molecular flexibility index (Phi) is 5.45. The molecule has 0 saturated carbocycles. The molecule has 2 aliphatic rings. The number of rotatable bonds is 4. The molecule has 1 amide bonds. The van der Waals surface area contributed by atoms with Crippen LogP contribution in [-0.4, -0.2) is 36.2 Å². The van der Waals surface area contributed by atoms with Gasteiger partial charge in [0.15, 0.2) is 0 Å². The predicted octanol–water partition coefficient (Wildman–Crippen LogP) is 3.57. The highest BCUT2D eigenvalue weighted by atomic mass is 32.1. The van der Waals surface area contributed by atoms with Gasteiger partial charge in [0.2, 0.25) is 0 Å². The first-order valence-electron chi connectivity index (χ1n) is 9.83. The number of carbonyl (C=O) groups excluding carboxylic acids is 1. The second-order valence-electron chi connectivity index (χ2n) is 7.63. The van der Waals surface area contributed by atoms with Crippen LogP contribution in [0.2, 0.25) is 0 Å². The summed E-state index contributed by atoms with van der Waals surface area (Å²) in [4.78, 5) is 20.9. The molecule has 1 N–H and O–H groups in total. The zero-order valence-electron chi connectivity index (χ0n) is 16.0. The number of anilines is 1. The number of morpholine rings is 1. The van der Waals surface area contributed by atoms with E-state index in [4.69, 9.17) is 4.74 Å². The van der Waals surface area contributed by atoms with E-state index in [9.17, 15) is 4.79 Å². The number of aryl methyl sites for hydroxylation is 1. The Balaban J connectivity index is 1.36. The third-order valence-corrected chi connectivity index (χ3v) is 6.40. The maximum Gasteiger partial charge on any atom is 0.252 e. The van der Waals surface area contributed by atoms with E-state index in [2.05, 4.69) is 35.1 Å². The summed E-state index contributed by atoms with van der Waals surface area (Å²) < 4.78 is 5.79. The minimum atomic E-state index is 0.0364. The van der Waals surface area contributed by atoms with Gasteiger partial charge >= 0.3 is 0 Å². The first kappa shape index (κ1) is 18.4. The topological polar surface area (TPSA) is 54.5 Å². The molecule has 3 heterocycles. The molecule has 5 nitrogen and oxygen atoms in total. The standard InChI is InChI=1S/C21H27N3O2S/c1-14-11-24(12-15(2)26-14)20-8-7-16(9-22-20)10-23-21(25)18-13-27-19-6-4-3-5-17(18)19/h7-9,13-15H,3-6,10-12H2,1-2H3,(H,23,25)/t14-,15-/m1/s1. The molecule has 0 spiro atoms. The number of nitrogens with one attached hydrogen (secondary N) is 1. The molecule has 0 aromatic carbocycles. The summed E-state index contributed by atoms with van der Waals surface area (Å²) in [6, 6.07) is 4.09. The summed E-state index contributed by atoms with van der Waals surface area (Å²) in [7, 11) is 0. The maximum absolute atomic E-state index is 12.6. The molecule has 2 aromatic heterocycles. The van der Waals surface area contributed by atoms with Gasteiger partial charge in [-0.1, -0.05) is 6.07 Å². The maximum atomic E-state index is 12.6. The van der Waals surface area contributed by atoms with Gasteiger partial charge in [-0.3, -0.25) is 4.79 Å². The number of amides is 1. The first-order valence-corrected chi connectivity index (χ1v) is 10.7. The van der Waals surface area contributed by atoms with Gasteiger partial charge in [-0.2, -0.15) is 0 Å². The number of carbonyl (C=O) groups is 1. The van der Waals surface area contributed by atoms with Crippen LogP contribution in [0, 0.1) is 0 Å². The summed E-state index contributed by atoms with van der Waals surface area (Å²) in [6.45, 7) is 6.41. The Morgan fingerprint density at radius 3 is 2.78 bits per heavy atom. The first-order chi connectivity index (χ1) is 13.1. The van der Waals surface area contributed by atoms with Crippen molar-refractivity contribution < 1.29 is 9.53 Å². The number of nitrogens with zero attached hydrogens (tertiary/aromatic N) is 2. The number of pyridine rings is 1. The fourth-order valence-corrected chi connectivity index (χ4v) is 5.16. The van der Waals surface area contributed by atoms with Crippen molar-refractivity contribution in [2.24, 2.45) is 0 Å². The molecule has 0 bridgehead atoms. The van der Waals surface area contributed by atoms with Gasteiger partial charge in [-0.25, -0.2) is 4.98 Å². The van der Waals surface area contributed by atoms with Crippen LogP contribution in [0.1, 0.15) is 53.1 Å². The summed E-state index contributed by atoms with van der Waals surface area (Å²) in [6.07, 6.45) is 6.88. The molecule has 0 unspecified atom stereocenters. The number of thiophene rings is 1. The second kappa shape index (κ2) is 7.98. The molecule has 1 aliphatic heterocycles. The lowest BCUT2D eigenvalue weighted by Gasteiger charge is -2.36. The smallest absolute Gasteiger partial charge is 0.252 e. The largest absolute Gasteiger partial charge is 0.372 e. The minimum absolute atomic E-state index is 0.0364. The van der Waals surface area contributed by atoms with Crippen molar-refractivity contribution in [3.8, 4) is 0 Å². The molecule has 6 heteroatoms. The Morgan fingerprint density at radius 1 is 1.26 bits per heavy atom. The zero-order valence-corrected chi connectivity index (χ0v) is 16.8. The molecule has 1 saturated heterocycles. The summed E-state index contributed by atoms with van der Waals surface area (Å²) in [5.41, 5.74) is 3.16. The van der Waals surface area contributed by atoms with E-state index in [0.717, 1.165) is 42.9 Å². The van der Waals surface area contributed by atoms with Crippen LogP contribution < -0.4 is 10.2 Å². The zero-order chi connectivity index (χ0) is 18.8. The van der Waals surface area contributed by atoms with Gasteiger partial charge in [0, 0.05) is 36.1 Å². The van der Waals surface area contributed by atoms with Gasteiger partial charge in [0.05, 0.1) is 17.8 Å². The molecule has 0 radical (unpaired) electrons. The highest BCUT2D eigenvalue weighted by molar-refractivity contribution is 7.10. The van der Waals surface area contributed by atoms with E-state index in [1.54, 1.807) is 11.3 Å². The van der Waals surface area contributed by atoms with Gasteiger partial charge in [-0.15, -0.1) is 11.3 Å².